The molecule has 0 aromatic carbocycles. The van der Waals surface area contributed by atoms with Crippen LogP contribution in [0.3, 0.4) is 0 Å². The highest BCUT2D eigenvalue weighted by Crippen LogP contribution is 2.18. The van der Waals surface area contributed by atoms with Crippen LogP contribution in [0, 0.1) is 5.41 Å². The van der Waals surface area contributed by atoms with Gasteiger partial charge in [0, 0.05) is 0 Å². The molecule has 1 amide bonds. The first-order valence-corrected chi connectivity index (χ1v) is 6.63. The lowest BCUT2D eigenvalue weighted by Gasteiger charge is -2.28. The van der Waals surface area contributed by atoms with Crippen LogP contribution in [0.25, 0.3) is 0 Å². The van der Waals surface area contributed by atoms with E-state index >= 15 is 0 Å². The van der Waals surface area contributed by atoms with E-state index in [1.54, 1.807) is 0 Å². The highest BCUT2D eigenvalue weighted by atomic mass is 32.2. The van der Waals surface area contributed by atoms with Crippen molar-refractivity contribution in [1.29, 1.82) is 0 Å². The van der Waals surface area contributed by atoms with Crippen molar-refractivity contribution in [3.8, 4) is 0 Å². The Morgan fingerprint density at radius 3 is 2.25 bits per heavy atom. The van der Waals surface area contributed by atoms with Crippen LogP contribution in [0.15, 0.2) is 0 Å². The van der Waals surface area contributed by atoms with Gasteiger partial charge in [0.2, 0.25) is 5.91 Å². The highest BCUT2D eigenvalue weighted by Gasteiger charge is 2.28. The van der Waals surface area contributed by atoms with Crippen LogP contribution in [0.1, 0.15) is 27.2 Å². The second kappa shape index (κ2) is 5.60. The number of nitrogens with one attached hydrogen (secondary N) is 1. The van der Waals surface area contributed by atoms with Crippen molar-refractivity contribution in [2.75, 3.05) is 12.3 Å². The Bertz CT molecular complexity index is 332. The van der Waals surface area contributed by atoms with Gasteiger partial charge in [-0.2, -0.15) is 8.42 Å². The summed E-state index contributed by atoms with van der Waals surface area (Å²) >= 11 is 0. The molecule has 0 fully saturated rings. The molecule has 0 aliphatic carbocycles. The van der Waals surface area contributed by atoms with E-state index in [1.807, 2.05) is 20.8 Å². The van der Waals surface area contributed by atoms with Crippen LogP contribution >= 0.6 is 0 Å². The molecule has 0 saturated carbocycles. The molecular weight excluding hydrogens is 232 g/mol. The molecule has 0 aromatic rings. The molecule has 0 aromatic heterocycles. The number of hydrogen-bond acceptors (Lipinski definition) is 4. The summed E-state index contributed by atoms with van der Waals surface area (Å²) in [6, 6.07) is -0.520. The molecular formula is C9H20N2O4S. The topological polar surface area (TPSA) is 109 Å². The highest BCUT2D eigenvalue weighted by molar-refractivity contribution is 7.85. The zero-order valence-electron chi connectivity index (χ0n) is 9.86. The Morgan fingerprint density at radius 1 is 1.44 bits per heavy atom. The normalized spacial score (nSPS) is 14.8. The van der Waals surface area contributed by atoms with Gasteiger partial charge >= 0.3 is 0 Å². The molecule has 7 heteroatoms. The van der Waals surface area contributed by atoms with E-state index in [0.29, 0.717) is 6.54 Å². The number of primary amides is 1. The van der Waals surface area contributed by atoms with Crippen molar-refractivity contribution in [1.82, 2.24) is 5.32 Å². The first-order chi connectivity index (χ1) is 7.04. The molecule has 4 N–H and O–H groups in total. The van der Waals surface area contributed by atoms with Gasteiger partial charge in [0.25, 0.3) is 10.1 Å². The number of amides is 1. The molecule has 0 bridgehead atoms. The fourth-order valence-electron chi connectivity index (χ4n) is 1.33. The lowest BCUT2D eigenvalue weighted by atomic mass is 9.86. The Labute approximate surface area is 96.3 Å². The second-order valence-corrected chi connectivity index (χ2v) is 6.37. The van der Waals surface area contributed by atoms with Crippen LogP contribution in [0.2, 0.25) is 0 Å². The molecule has 0 unspecified atom stereocenters. The fraction of sp³-hybridized carbons (Fsp3) is 0.889. The molecule has 0 radical (unpaired) electrons. The SMILES string of the molecule is CC(C)(C)[C@@H](NCCCS(=O)(=O)O)C(N)=O. The zero-order chi connectivity index (χ0) is 13.0. The summed E-state index contributed by atoms with van der Waals surface area (Å²) in [6.45, 7) is 5.89. The van der Waals surface area contributed by atoms with E-state index in [4.69, 9.17) is 10.3 Å². The second-order valence-electron chi connectivity index (χ2n) is 4.80. The summed E-state index contributed by atoms with van der Waals surface area (Å²) in [6.07, 6.45) is 0.235. The predicted octanol–water partition coefficient (Wildman–Crippen LogP) is -0.246. The molecule has 96 valence electrons. The van der Waals surface area contributed by atoms with Gasteiger partial charge in [-0.25, -0.2) is 0 Å². The Kier molecular flexibility index (Phi) is 5.37. The van der Waals surface area contributed by atoms with Gasteiger partial charge < -0.3 is 11.1 Å². The predicted molar refractivity (Wildman–Crippen MR) is 61.5 cm³/mol. The van der Waals surface area contributed by atoms with Crippen LogP contribution in [-0.2, 0) is 14.9 Å². The maximum Gasteiger partial charge on any atom is 0.264 e. The fourth-order valence-corrected chi connectivity index (χ4v) is 1.84. The Hall–Kier alpha value is -0.660. The van der Waals surface area contributed by atoms with E-state index in [1.165, 1.54) is 0 Å². The van der Waals surface area contributed by atoms with Gasteiger partial charge in [-0.1, -0.05) is 20.8 Å². The lowest BCUT2D eigenvalue weighted by molar-refractivity contribution is -0.122. The van der Waals surface area contributed by atoms with E-state index in [2.05, 4.69) is 5.32 Å². The molecule has 0 spiro atoms. The summed E-state index contributed by atoms with van der Waals surface area (Å²) in [5.74, 6) is -0.797. The average molecular weight is 252 g/mol. The number of carbonyl (C=O) groups is 1. The van der Waals surface area contributed by atoms with Gasteiger partial charge in [-0.05, 0) is 18.4 Å². The summed E-state index contributed by atoms with van der Waals surface area (Å²) in [5.41, 5.74) is 4.89. The summed E-state index contributed by atoms with van der Waals surface area (Å²) < 4.78 is 29.4. The van der Waals surface area contributed by atoms with Gasteiger partial charge in [-0.3, -0.25) is 9.35 Å². The van der Waals surface area contributed by atoms with E-state index < -0.39 is 22.1 Å². The minimum Gasteiger partial charge on any atom is -0.368 e. The largest absolute Gasteiger partial charge is 0.368 e. The molecule has 0 aliphatic heterocycles. The van der Waals surface area contributed by atoms with Gasteiger partial charge in [0.1, 0.15) is 0 Å². The van der Waals surface area contributed by atoms with Crippen molar-refractivity contribution >= 4 is 16.0 Å². The van der Waals surface area contributed by atoms with Crippen molar-refractivity contribution in [3.63, 3.8) is 0 Å². The molecule has 1 atom stereocenters. The third kappa shape index (κ3) is 6.76. The maximum atomic E-state index is 11.1. The number of hydrogen-bond donors (Lipinski definition) is 3. The quantitative estimate of drug-likeness (QED) is 0.446. The van der Waals surface area contributed by atoms with Crippen LogP contribution < -0.4 is 11.1 Å². The molecule has 16 heavy (non-hydrogen) atoms. The minimum absolute atomic E-state index is 0.235. The van der Waals surface area contributed by atoms with E-state index in [-0.39, 0.29) is 17.6 Å². The first kappa shape index (κ1) is 15.3. The average Bonchev–Trinajstić information content (AvgIpc) is 1.97. The van der Waals surface area contributed by atoms with E-state index in [9.17, 15) is 13.2 Å². The Morgan fingerprint density at radius 2 is 1.94 bits per heavy atom. The van der Waals surface area contributed by atoms with Crippen molar-refractivity contribution in [3.05, 3.63) is 0 Å². The monoisotopic (exact) mass is 252 g/mol. The Balaban J connectivity index is 4.12. The van der Waals surface area contributed by atoms with E-state index in [0.717, 1.165) is 0 Å². The number of carbonyl (C=O) groups excluding carboxylic acids is 1. The zero-order valence-corrected chi connectivity index (χ0v) is 10.7. The standard InChI is InChI=1S/C9H20N2O4S/c1-9(2,3)7(8(10)12)11-5-4-6-16(13,14)15/h7,11H,4-6H2,1-3H3,(H2,10,12)(H,13,14,15)/t7-/m0/s1. The molecule has 0 rings (SSSR count). The van der Waals surface area contributed by atoms with Crippen molar-refractivity contribution < 1.29 is 17.8 Å². The summed E-state index contributed by atoms with van der Waals surface area (Å²) in [4.78, 5) is 11.1. The van der Waals surface area contributed by atoms with Gasteiger partial charge in [0.05, 0.1) is 11.8 Å². The summed E-state index contributed by atoms with van der Waals surface area (Å²) in [5, 5.41) is 2.88. The molecule has 6 nitrogen and oxygen atoms in total. The van der Waals surface area contributed by atoms with Gasteiger partial charge in [0.15, 0.2) is 0 Å². The van der Waals surface area contributed by atoms with Crippen molar-refractivity contribution in [2.45, 2.75) is 33.2 Å². The van der Waals surface area contributed by atoms with Gasteiger partial charge in [-0.15, -0.1) is 0 Å². The smallest absolute Gasteiger partial charge is 0.264 e. The molecule has 0 aliphatic rings. The van der Waals surface area contributed by atoms with Crippen molar-refractivity contribution in [2.24, 2.45) is 11.1 Å². The van der Waals surface area contributed by atoms with Crippen LogP contribution in [-0.4, -0.2) is 37.2 Å². The third-order valence-electron chi connectivity index (χ3n) is 2.08. The summed E-state index contributed by atoms with van der Waals surface area (Å²) in [7, 11) is -3.93. The number of rotatable bonds is 6. The third-order valence-corrected chi connectivity index (χ3v) is 2.88. The lowest BCUT2D eigenvalue weighted by Crippen LogP contribution is -2.50. The molecule has 0 saturated heterocycles. The first-order valence-electron chi connectivity index (χ1n) is 5.02. The van der Waals surface area contributed by atoms with Crippen LogP contribution in [0.5, 0.6) is 0 Å². The molecule has 0 heterocycles. The maximum absolute atomic E-state index is 11.1. The van der Waals surface area contributed by atoms with Crippen LogP contribution in [0.4, 0.5) is 0 Å². The minimum atomic E-state index is -3.93. The number of nitrogens with two attached hydrogens (primary N) is 1.